The molecule has 1 unspecified atom stereocenters. The molecule has 1 amide bonds. The summed E-state index contributed by atoms with van der Waals surface area (Å²) >= 11 is 1.89. The molecule has 2 heterocycles. The molecule has 1 fully saturated rings. The second kappa shape index (κ2) is 4.74. The highest BCUT2D eigenvalue weighted by molar-refractivity contribution is 7.99. The van der Waals surface area contributed by atoms with Gasteiger partial charge in [0.15, 0.2) is 0 Å². The molecule has 1 aromatic rings. The standard InChI is InChI=1S/C11H15N3OS/c1-8-7-16-5-4-14(8)11(15)9-2-3-13-6-10(9)12/h2-3,6,8H,4-5,7,12H2,1H3. The van der Waals surface area contributed by atoms with E-state index in [9.17, 15) is 4.79 Å². The number of thioether (sulfide) groups is 1. The molecule has 0 spiro atoms. The van der Waals surface area contributed by atoms with Crippen molar-refractivity contribution in [3.8, 4) is 0 Å². The first-order valence-electron chi connectivity index (χ1n) is 5.28. The van der Waals surface area contributed by atoms with Crippen molar-refractivity contribution in [3.63, 3.8) is 0 Å². The Kier molecular flexibility index (Phi) is 3.33. The molecular weight excluding hydrogens is 222 g/mol. The highest BCUT2D eigenvalue weighted by Crippen LogP contribution is 2.20. The van der Waals surface area contributed by atoms with Gasteiger partial charge < -0.3 is 10.6 Å². The van der Waals surface area contributed by atoms with Crippen LogP contribution in [0.1, 0.15) is 17.3 Å². The number of pyridine rings is 1. The van der Waals surface area contributed by atoms with E-state index in [1.807, 2.05) is 16.7 Å². The van der Waals surface area contributed by atoms with Crippen LogP contribution in [0.2, 0.25) is 0 Å². The molecule has 1 atom stereocenters. The van der Waals surface area contributed by atoms with E-state index < -0.39 is 0 Å². The fourth-order valence-electron chi connectivity index (χ4n) is 1.79. The number of amides is 1. The van der Waals surface area contributed by atoms with Gasteiger partial charge in [-0.25, -0.2) is 0 Å². The van der Waals surface area contributed by atoms with Gasteiger partial charge in [-0.15, -0.1) is 0 Å². The predicted molar refractivity (Wildman–Crippen MR) is 66.5 cm³/mol. The lowest BCUT2D eigenvalue weighted by Gasteiger charge is -2.33. The van der Waals surface area contributed by atoms with E-state index in [2.05, 4.69) is 11.9 Å². The van der Waals surface area contributed by atoms with Crippen LogP contribution in [0.25, 0.3) is 0 Å². The van der Waals surface area contributed by atoms with Gasteiger partial charge in [-0.3, -0.25) is 9.78 Å². The number of nitrogens with two attached hydrogens (primary N) is 1. The van der Waals surface area contributed by atoms with E-state index in [1.165, 1.54) is 6.20 Å². The normalized spacial score (nSPS) is 20.8. The molecule has 1 saturated heterocycles. The molecule has 1 aliphatic rings. The molecule has 1 aromatic heterocycles. The van der Waals surface area contributed by atoms with Crippen LogP contribution < -0.4 is 5.73 Å². The van der Waals surface area contributed by atoms with Crippen molar-refractivity contribution in [3.05, 3.63) is 24.0 Å². The second-order valence-electron chi connectivity index (χ2n) is 3.89. The molecule has 16 heavy (non-hydrogen) atoms. The first-order chi connectivity index (χ1) is 7.70. The molecule has 1 aliphatic heterocycles. The summed E-state index contributed by atoms with van der Waals surface area (Å²) in [6.45, 7) is 2.87. The van der Waals surface area contributed by atoms with Gasteiger partial charge in [0.1, 0.15) is 0 Å². The first kappa shape index (κ1) is 11.3. The Morgan fingerprint density at radius 3 is 3.19 bits per heavy atom. The number of hydrogen-bond donors (Lipinski definition) is 1. The molecule has 86 valence electrons. The maximum atomic E-state index is 12.2. The summed E-state index contributed by atoms with van der Waals surface area (Å²) in [6, 6.07) is 1.96. The number of carbonyl (C=O) groups excluding carboxylic acids is 1. The van der Waals surface area contributed by atoms with Crippen LogP contribution in [0.4, 0.5) is 5.69 Å². The van der Waals surface area contributed by atoms with E-state index in [0.717, 1.165) is 18.1 Å². The number of anilines is 1. The molecule has 4 nitrogen and oxygen atoms in total. The minimum Gasteiger partial charge on any atom is -0.397 e. The van der Waals surface area contributed by atoms with Gasteiger partial charge in [0.25, 0.3) is 5.91 Å². The van der Waals surface area contributed by atoms with Crippen molar-refractivity contribution in [1.29, 1.82) is 0 Å². The van der Waals surface area contributed by atoms with Crippen molar-refractivity contribution >= 4 is 23.4 Å². The van der Waals surface area contributed by atoms with Crippen LogP contribution >= 0.6 is 11.8 Å². The van der Waals surface area contributed by atoms with Crippen molar-refractivity contribution in [1.82, 2.24) is 9.88 Å². The largest absolute Gasteiger partial charge is 0.397 e. The molecular formula is C11H15N3OS. The summed E-state index contributed by atoms with van der Waals surface area (Å²) in [5.41, 5.74) is 6.78. The predicted octanol–water partition coefficient (Wildman–Crippen LogP) is 1.24. The summed E-state index contributed by atoms with van der Waals surface area (Å²) in [7, 11) is 0. The van der Waals surface area contributed by atoms with E-state index in [1.54, 1.807) is 12.3 Å². The van der Waals surface area contributed by atoms with Crippen LogP contribution in [-0.2, 0) is 0 Å². The average Bonchev–Trinajstić information content (AvgIpc) is 2.29. The number of rotatable bonds is 1. The van der Waals surface area contributed by atoms with Gasteiger partial charge in [0, 0.05) is 30.3 Å². The highest BCUT2D eigenvalue weighted by atomic mass is 32.2. The third-order valence-electron chi connectivity index (χ3n) is 2.71. The smallest absolute Gasteiger partial charge is 0.256 e. The fraction of sp³-hybridized carbons (Fsp3) is 0.455. The van der Waals surface area contributed by atoms with Crippen molar-refractivity contribution in [2.24, 2.45) is 0 Å². The lowest BCUT2D eigenvalue weighted by Crippen LogP contribution is -2.44. The minimum absolute atomic E-state index is 0.0210. The van der Waals surface area contributed by atoms with Crippen LogP contribution in [0.5, 0.6) is 0 Å². The fourth-order valence-corrected chi connectivity index (χ4v) is 2.80. The first-order valence-corrected chi connectivity index (χ1v) is 6.44. The van der Waals surface area contributed by atoms with Gasteiger partial charge >= 0.3 is 0 Å². The molecule has 0 bridgehead atoms. The van der Waals surface area contributed by atoms with Crippen molar-refractivity contribution in [2.75, 3.05) is 23.8 Å². The SMILES string of the molecule is CC1CSCCN1C(=O)c1ccncc1N. The van der Waals surface area contributed by atoms with E-state index in [0.29, 0.717) is 11.3 Å². The molecule has 0 aliphatic carbocycles. The summed E-state index contributed by atoms with van der Waals surface area (Å²) in [5.74, 6) is 2.02. The van der Waals surface area contributed by atoms with E-state index in [-0.39, 0.29) is 11.9 Å². The second-order valence-corrected chi connectivity index (χ2v) is 5.04. The summed E-state index contributed by atoms with van der Waals surface area (Å²) in [5, 5.41) is 0. The van der Waals surface area contributed by atoms with E-state index >= 15 is 0 Å². The Bertz CT molecular complexity index is 397. The Morgan fingerprint density at radius 1 is 1.69 bits per heavy atom. The molecule has 0 aromatic carbocycles. The third-order valence-corrected chi connectivity index (χ3v) is 3.90. The summed E-state index contributed by atoms with van der Waals surface area (Å²) in [6.07, 6.45) is 3.13. The van der Waals surface area contributed by atoms with Crippen LogP contribution in [0.15, 0.2) is 18.5 Å². The summed E-state index contributed by atoms with van der Waals surface area (Å²) in [4.78, 5) is 18.0. The minimum atomic E-state index is 0.0210. The number of aromatic nitrogens is 1. The van der Waals surface area contributed by atoms with Crippen LogP contribution in [0, 0.1) is 0 Å². The zero-order valence-corrected chi connectivity index (χ0v) is 10.0. The van der Waals surface area contributed by atoms with Crippen molar-refractivity contribution in [2.45, 2.75) is 13.0 Å². The highest BCUT2D eigenvalue weighted by Gasteiger charge is 2.25. The number of nitrogen functional groups attached to an aromatic ring is 1. The Balaban J connectivity index is 2.21. The van der Waals surface area contributed by atoms with Gasteiger partial charge in [0.05, 0.1) is 17.4 Å². The Hall–Kier alpha value is -1.23. The zero-order valence-electron chi connectivity index (χ0n) is 9.22. The van der Waals surface area contributed by atoms with Crippen LogP contribution in [0.3, 0.4) is 0 Å². The topological polar surface area (TPSA) is 59.2 Å². The zero-order chi connectivity index (χ0) is 11.5. The van der Waals surface area contributed by atoms with Gasteiger partial charge in [-0.2, -0.15) is 11.8 Å². The number of nitrogens with zero attached hydrogens (tertiary/aromatic N) is 2. The maximum Gasteiger partial charge on any atom is 0.256 e. The Labute approximate surface area is 99.2 Å². The monoisotopic (exact) mass is 237 g/mol. The molecule has 2 rings (SSSR count). The van der Waals surface area contributed by atoms with Crippen LogP contribution in [-0.4, -0.2) is 39.9 Å². The summed E-state index contributed by atoms with van der Waals surface area (Å²) < 4.78 is 0. The third kappa shape index (κ3) is 2.14. The van der Waals surface area contributed by atoms with E-state index in [4.69, 9.17) is 5.73 Å². The lowest BCUT2D eigenvalue weighted by atomic mass is 10.1. The molecule has 0 radical (unpaired) electrons. The van der Waals surface area contributed by atoms with Crippen molar-refractivity contribution < 1.29 is 4.79 Å². The lowest BCUT2D eigenvalue weighted by molar-refractivity contribution is 0.0717. The van der Waals surface area contributed by atoms with Gasteiger partial charge in [0.2, 0.25) is 0 Å². The molecule has 5 heteroatoms. The maximum absolute atomic E-state index is 12.2. The average molecular weight is 237 g/mol. The molecule has 0 saturated carbocycles. The van der Waals surface area contributed by atoms with Gasteiger partial charge in [-0.1, -0.05) is 0 Å². The Morgan fingerprint density at radius 2 is 2.50 bits per heavy atom. The molecule has 2 N–H and O–H groups in total. The quantitative estimate of drug-likeness (QED) is 0.798. The number of carbonyl (C=O) groups is 1. The number of hydrogen-bond acceptors (Lipinski definition) is 4. The van der Waals surface area contributed by atoms with Gasteiger partial charge in [-0.05, 0) is 13.0 Å².